The van der Waals surface area contributed by atoms with Crippen LogP contribution >= 0.6 is 0 Å². The van der Waals surface area contributed by atoms with Gasteiger partial charge in [-0.15, -0.1) is 0 Å². The van der Waals surface area contributed by atoms with E-state index in [-0.39, 0.29) is 16.2 Å². The molecule has 4 N–H and O–H groups in total. The van der Waals surface area contributed by atoms with Crippen LogP contribution in [0.2, 0.25) is 0 Å². The molecule has 1 aliphatic heterocycles. The summed E-state index contributed by atoms with van der Waals surface area (Å²) in [5.41, 5.74) is -0.349. The SMILES string of the molecule is CNS(=O)(=O)c1cc(C(=O)Nc2cccc(C3(C)NC(=O)NC3=O)c2)ccc1OC. The van der Waals surface area contributed by atoms with Gasteiger partial charge in [-0.25, -0.2) is 17.9 Å². The molecule has 158 valence electrons. The Morgan fingerprint density at radius 2 is 1.87 bits per heavy atom. The van der Waals surface area contributed by atoms with Crippen molar-refractivity contribution in [2.24, 2.45) is 0 Å². The van der Waals surface area contributed by atoms with E-state index in [1.807, 2.05) is 0 Å². The molecule has 2 aromatic rings. The van der Waals surface area contributed by atoms with Crippen LogP contribution in [0.1, 0.15) is 22.8 Å². The molecule has 4 amide bonds. The van der Waals surface area contributed by atoms with Crippen molar-refractivity contribution < 1.29 is 27.5 Å². The second-order valence-corrected chi connectivity index (χ2v) is 8.50. The summed E-state index contributed by atoms with van der Waals surface area (Å²) >= 11 is 0. The van der Waals surface area contributed by atoms with Gasteiger partial charge in [0.2, 0.25) is 10.0 Å². The van der Waals surface area contributed by atoms with Gasteiger partial charge in [-0.2, -0.15) is 0 Å². The van der Waals surface area contributed by atoms with E-state index in [1.165, 1.54) is 32.4 Å². The standard InChI is InChI=1S/C19H20N4O6S/c1-19(17(25)22-18(26)23-19)12-5-4-6-13(10-12)21-16(24)11-7-8-14(29-3)15(9-11)30(27,28)20-2/h4-10,20H,1-3H3,(H,21,24)(H2,22,23,25,26). The second-order valence-electron chi connectivity index (χ2n) is 6.64. The van der Waals surface area contributed by atoms with E-state index in [1.54, 1.807) is 31.2 Å². The summed E-state index contributed by atoms with van der Waals surface area (Å²) in [6.45, 7) is 1.55. The molecule has 1 atom stereocenters. The van der Waals surface area contributed by atoms with Crippen molar-refractivity contribution in [2.75, 3.05) is 19.5 Å². The fourth-order valence-corrected chi connectivity index (χ4v) is 3.91. The van der Waals surface area contributed by atoms with Gasteiger partial charge in [0.1, 0.15) is 16.2 Å². The van der Waals surface area contributed by atoms with Gasteiger partial charge in [-0.3, -0.25) is 14.9 Å². The Labute approximate surface area is 173 Å². The topological polar surface area (TPSA) is 143 Å². The number of methoxy groups -OCH3 is 1. The van der Waals surface area contributed by atoms with Gasteiger partial charge in [-0.1, -0.05) is 12.1 Å². The minimum atomic E-state index is -3.85. The maximum absolute atomic E-state index is 12.7. The Kier molecular flexibility index (Phi) is 5.51. The summed E-state index contributed by atoms with van der Waals surface area (Å²) in [6.07, 6.45) is 0. The van der Waals surface area contributed by atoms with Crippen LogP contribution in [0.5, 0.6) is 5.75 Å². The summed E-state index contributed by atoms with van der Waals surface area (Å²) in [5.74, 6) is -0.973. The Bertz CT molecular complexity index is 1150. The van der Waals surface area contributed by atoms with E-state index >= 15 is 0 Å². The zero-order chi connectivity index (χ0) is 22.1. The summed E-state index contributed by atoms with van der Waals surface area (Å²) in [5, 5.41) is 7.39. The summed E-state index contributed by atoms with van der Waals surface area (Å²) < 4.78 is 31.7. The first-order chi connectivity index (χ1) is 14.1. The van der Waals surface area contributed by atoms with Crippen LogP contribution in [0.15, 0.2) is 47.4 Å². The third-order valence-electron chi connectivity index (χ3n) is 4.73. The Morgan fingerprint density at radius 1 is 1.13 bits per heavy atom. The van der Waals surface area contributed by atoms with Crippen LogP contribution in [0, 0.1) is 0 Å². The van der Waals surface area contributed by atoms with Crippen molar-refractivity contribution >= 4 is 33.6 Å². The zero-order valence-electron chi connectivity index (χ0n) is 16.4. The average Bonchev–Trinajstić information content (AvgIpc) is 3.00. The smallest absolute Gasteiger partial charge is 0.322 e. The monoisotopic (exact) mass is 432 g/mol. The molecule has 0 aromatic heterocycles. The molecule has 1 fully saturated rings. The number of hydrogen-bond donors (Lipinski definition) is 4. The molecule has 1 heterocycles. The molecule has 0 radical (unpaired) electrons. The number of urea groups is 1. The van der Waals surface area contributed by atoms with E-state index in [9.17, 15) is 22.8 Å². The first kappa shape index (κ1) is 21.3. The van der Waals surface area contributed by atoms with E-state index in [0.717, 1.165) is 0 Å². The van der Waals surface area contributed by atoms with Crippen molar-refractivity contribution in [2.45, 2.75) is 17.4 Å². The van der Waals surface area contributed by atoms with Crippen LogP contribution < -0.4 is 25.4 Å². The molecule has 2 aromatic carbocycles. The number of carbonyl (C=O) groups is 3. The number of ether oxygens (including phenoxy) is 1. The Balaban J connectivity index is 1.90. The first-order valence-electron chi connectivity index (χ1n) is 8.78. The van der Waals surface area contributed by atoms with Gasteiger partial charge in [0, 0.05) is 11.3 Å². The zero-order valence-corrected chi connectivity index (χ0v) is 17.2. The van der Waals surface area contributed by atoms with Crippen LogP contribution in [0.3, 0.4) is 0 Å². The molecule has 10 nitrogen and oxygen atoms in total. The number of nitrogens with one attached hydrogen (secondary N) is 4. The average molecular weight is 432 g/mol. The van der Waals surface area contributed by atoms with Gasteiger partial charge in [0.05, 0.1) is 7.11 Å². The quantitative estimate of drug-likeness (QED) is 0.500. The van der Waals surface area contributed by atoms with Crippen molar-refractivity contribution in [1.29, 1.82) is 0 Å². The predicted molar refractivity (Wildman–Crippen MR) is 108 cm³/mol. The maximum Gasteiger partial charge on any atom is 0.322 e. The molecule has 1 aliphatic rings. The normalized spacial score (nSPS) is 18.5. The number of imide groups is 1. The Morgan fingerprint density at radius 3 is 2.47 bits per heavy atom. The number of rotatable bonds is 6. The summed E-state index contributed by atoms with van der Waals surface area (Å²) in [4.78, 5) is 36.1. The number of hydrogen-bond acceptors (Lipinski definition) is 6. The van der Waals surface area contributed by atoms with E-state index in [4.69, 9.17) is 4.74 Å². The maximum atomic E-state index is 12.7. The van der Waals surface area contributed by atoms with Crippen LogP contribution in [-0.4, -0.2) is 40.4 Å². The van der Waals surface area contributed by atoms with Gasteiger partial charge in [-0.05, 0) is 49.9 Å². The van der Waals surface area contributed by atoms with Crippen molar-refractivity contribution in [1.82, 2.24) is 15.4 Å². The molecule has 0 saturated carbocycles. The molecular formula is C19H20N4O6S. The summed E-state index contributed by atoms with van der Waals surface area (Å²) in [7, 11) is -1.26. The molecule has 30 heavy (non-hydrogen) atoms. The van der Waals surface area contributed by atoms with E-state index in [0.29, 0.717) is 11.3 Å². The van der Waals surface area contributed by atoms with E-state index < -0.39 is 33.4 Å². The lowest BCUT2D eigenvalue weighted by Gasteiger charge is -2.21. The van der Waals surface area contributed by atoms with Crippen LogP contribution in [0.4, 0.5) is 10.5 Å². The summed E-state index contributed by atoms with van der Waals surface area (Å²) in [6, 6.07) is 9.84. The third-order valence-corrected chi connectivity index (χ3v) is 6.16. The van der Waals surface area contributed by atoms with Crippen LogP contribution in [-0.2, 0) is 20.4 Å². The lowest BCUT2D eigenvalue weighted by atomic mass is 9.92. The molecule has 0 spiro atoms. The molecular weight excluding hydrogens is 412 g/mol. The fourth-order valence-electron chi connectivity index (χ4n) is 3.00. The highest BCUT2D eigenvalue weighted by Crippen LogP contribution is 2.28. The van der Waals surface area contributed by atoms with Gasteiger partial charge in [0.25, 0.3) is 11.8 Å². The number of amides is 4. The number of benzene rings is 2. The molecule has 0 aliphatic carbocycles. The molecule has 11 heteroatoms. The van der Waals surface area contributed by atoms with Crippen molar-refractivity contribution in [3.05, 3.63) is 53.6 Å². The van der Waals surface area contributed by atoms with Gasteiger partial charge in [0.15, 0.2) is 0 Å². The van der Waals surface area contributed by atoms with Gasteiger partial charge >= 0.3 is 6.03 Å². The molecule has 3 rings (SSSR count). The van der Waals surface area contributed by atoms with E-state index in [2.05, 4.69) is 20.7 Å². The number of anilines is 1. The molecule has 0 bridgehead atoms. The lowest BCUT2D eigenvalue weighted by Crippen LogP contribution is -2.40. The third kappa shape index (κ3) is 3.84. The Hall–Kier alpha value is -3.44. The highest BCUT2D eigenvalue weighted by Gasteiger charge is 2.43. The van der Waals surface area contributed by atoms with Gasteiger partial charge < -0.3 is 15.4 Å². The highest BCUT2D eigenvalue weighted by atomic mass is 32.2. The lowest BCUT2D eigenvalue weighted by molar-refractivity contribution is -0.123. The highest BCUT2D eigenvalue weighted by molar-refractivity contribution is 7.89. The molecule has 1 unspecified atom stereocenters. The van der Waals surface area contributed by atoms with Crippen LogP contribution in [0.25, 0.3) is 0 Å². The number of carbonyl (C=O) groups excluding carboxylic acids is 3. The molecule has 1 saturated heterocycles. The predicted octanol–water partition coefficient (Wildman–Crippen LogP) is 0.910. The number of sulfonamides is 1. The van der Waals surface area contributed by atoms with Crippen molar-refractivity contribution in [3.8, 4) is 5.75 Å². The first-order valence-corrected chi connectivity index (χ1v) is 10.3. The minimum Gasteiger partial charge on any atom is -0.495 e. The minimum absolute atomic E-state index is 0.0909. The second kappa shape index (κ2) is 7.76. The largest absolute Gasteiger partial charge is 0.495 e. The van der Waals surface area contributed by atoms with Crippen molar-refractivity contribution in [3.63, 3.8) is 0 Å². The fraction of sp³-hybridized carbons (Fsp3) is 0.211.